The van der Waals surface area contributed by atoms with Gasteiger partial charge in [-0.25, -0.2) is 4.39 Å². The molecule has 0 radical (unpaired) electrons. The number of benzene rings is 1. The molecule has 3 nitrogen and oxygen atoms in total. The second-order valence-electron chi connectivity index (χ2n) is 3.99. The van der Waals surface area contributed by atoms with Crippen molar-refractivity contribution in [3.05, 3.63) is 29.6 Å². The van der Waals surface area contributed by atoms with Crippen LogP contribution in [0.2, 0.25) is 0 Å². The van der Waals surface area contributed by atoms with Crippen LogP contribution in [-0.4, -0.2) is 24.2 Å². The van der Waals surface area contributed by atoms with Gasteiger partial charge in [-0.05, 0) is 30.5 Å². The van der Waals surface area contributed by atoms with Gasteiger partial charge in [0.05, 0.1) is 0 Å². The monoisotopic (exact) mass is 257 g/mol. The van der Waals surface area contributed by atoms with E-state index in [1.54, 1.807) is 0 Å². The SMILES string of the molecule is CC(CCO)CNC(=O)c1ccc(F)c(S)c1. The number of halogens is 1. The average molecular weight is 257 g/mol. The summed E-state index contributed by atoms with van der Waals surface area (Å²) >= 11 is 3.92. The first kappa shape index (κ1) is 14.0. The standard InChI is InChI=1S/C12H16FNO2S/c1-8(4-5-15)7-14-12(16)9-2-3-10(13)11(17)6-9/h2-3,6,8,15,17H,4-5,7H2,1H3,(H,14,16). The highest BCUT2D eigenvalue weighted by Gasteiger charge is 2.09. The van der Waals surface area contributed by atoms with Gasteiger partial charge in [0.1, 0.15) is 5.82 Å². The number of hydrogen-bond acceptors (Lipinski definition) is 3. The summed E-state index contributed by atoms with van der Waals surface area (Å²) in [4.78, 5) is 11.8. The third kappa shape index (κ3) is 4.36. The summed E-state index contributed by atoms with van der Waals surface area (Å²) in [6, 6.07) is 4.03. The third-order valence-corrected chi connectivity index (χ3v) is 2.78. The number of carbonyl (C=O) groups excluding carboxylic acids is 1. The van der Waals surface area contributed by atoms with Crippen molar-refractivity contribution in [2.24, 2.45) is 5.92 Å². The number of rotatable bonds is 5. The fraction of sp³-hybridized carbons (Fsp3) is 0.417. The molecule has 0 spiro atoms. The quantitative estimate of drug-likeness (QED) is 0.705. The minimum Gasteiger partial charge on any atom is -0.396 e. The Kier molecular flexibility index (Phi) is 5.44. The number of aliphatic hydroxyl groups is 1. The van der Waals surface area contributed by atoms with Crippen molar-refractivity contribution < 1.29 is 14.3 Å². The Morgan fingerprint density at radius 1 is 1.59 bits per heavy atom. The van der Waals surface area contributed by atoms with E-state index >= 15 is 0 Å². The fourth-order valence-corrected chi connectivity index (χ4v) is 1.56. The summed E-state index contributed by atoms with van der Waals surface area (Å²) in [6.45, 7) is 2.53. The number of aliphatic hydroxyl groups excluding tert-OH is 1. The molecule has 0 saturated heterocycles. The van der Waals surface area contributed by atoms with Crippen molar-refractivity contribution in [3.63, 3.8) is 0 Å². The Morgan fingerprint density at radius 2 is 2.29 bits per heavy atom. The van der Waals surface area contributed by atoms with E-state index < -0.39 is 5.82 Å². The number of hydrogen-bond donors (Lipinski definition) is 3. The largest absolute Gasteiger partial charge is 0.396 e. The van der Waals surface area contributed by atoms with Gasteiger partial charge in [-0.2, -0.15) is 0 Å². The summed E-state index contributed by atoms with van der Waals surface area (Å²) in [5.41, 5.74) is 0.382. The van der Waals surface area contributed by atoms with Crippen molar-refractivity contribution in [2.45, 2.75) is 18.2 Å². The second-order valence-corrected chi connectivity index (χ2v) is 4.48. The van der Waals surface area contributed by atoms with Crippen molar-refractivity contribution in [1.29, 1.82) is 0 Å². The molecule has 1 amide bonds. The van der Waals surface area contributed by atoms with E-state index in [0.29, 0.717) is 18.5 Å². The van der Waals surface area contributed by atoms with Crippen LogP contribution in [0, 0.1) is 11.7 Å². The lowest BCUT2D eigenvalue weighted by Crippen LogP contribution is -2.28. The van der Waals surface area contributed by atoms with Gasteiger partial charge in [-0.1, -0.05) is 6.92 Å². The number of amides is 1. The zero-order chi connectivity index (χ0) is 12.8. The molecule has 0 heterocycles. The van der Waals surface area contributed by atoms with Gasteiger partial charge >= 0.3 is 0 Å². The van der Waals surface area contributed by atoms with E-state index in [1.165, 1.54) is 18.2 Å². The minimum atomic E-state index is -0.446. The zero-order valence-electron chi connectivity index (χ0n) is 9.61. The highest BCUT2D eigenvalue weighted by atomic mass is 32.1. The normalized spacial score (nSPS) is 12.2. The first-order chi connectivity index (χ1) is 8.04. The molecule has 0 aliphatic carbocycles. The van der Waals surface area contributed by atoms with Crippen LogP contribution in [0.5, 0.6) is 0 Å². The van der Waals surface area contributed by atoms with E-state index in [0.717, 1.165) is 0 Å². The number of thiol groups is 1. The summed E-state index contributed by atoms with van der Waals surface area (Å²) in [6.07, 6.45) is 0.640. The second kappa shape index (κ2) is 6.61. The summed E-state index contributed by atoms with van der Waals surface area (Å²) in [7, 11) is 0. The van der Waals surface area contributed by atoms with E-state index in [-0.39, 0.29) is 23.3 Å². The van der Waals surface area contributed by atoms with Crippen LogP contribution in [0.4, 0.5) is 4.39 Å². The molecule has 0 saturated carbocycles. The average Bonchev–Trinajstić information content (AvgIpc) is 2.30. The summed E-state index contributed by atoms with van der Waals surface area (Å²) in [5, 5.41) is 11.4. The van der Waals surface area contributed by atoms with Crippen LogP contribution in [0.3, 0.4) is 0 Å². The maximum absolute atomic E-state index is 12.9. The minimum absolute atomic E-state index is 0.106. The lowest BCUT2D eigenvalue weighted by atomic mass is 10.1. The van der Waals surface area contributed by atoms with Gasteiger partial charge in [0.2, 0.25) is 0 Å². The molecule has 0 aliphatic heterocycles. The Hall–Kier alpha value is -1.07. The molecule has 0 aromatic heterocycles. The molecule has 5 heteroatoms. The van der Waals surface area contributed by atoms with E-state index in [4.69, 9.17) is 5.11 Å². The van der Waals surface area contributed by atoms with Crippen molar-refractivity contribution in [3.8, 4) is 0 Å². The molecule has 1 atom stereocenters. The van der Waals surface area contributed by atoms with Gasteiger partial charge in [0.15, 0.2) is 0 Å². The molecule has 94 valence electrons. The van der Waals surface area contributed by atoms with Crippen LogP contribution >= 0.6 is 12.6 Å². The molecule has 1 unspecified atom stereocenters. The molecular weight excluding hydrogens is 241 g/mol. The maximum Gasteiger partial charge on any atom is 0.251 e. The van der Waals surface area contributed by atoms with Gasteiger partial charge in [0.25, 0.3) is 5.91 Å². The molecular formula is C12H16FNO2S. The van der Waals surface area contributed by atoms with Gasteiger partial charge in [-0.3, -0.25) is 4.79 Å². The lowest BCUT2D eigenvalue weighted by Gasteiger charge is -2.11. The van der Waals surface area contributed by atoms with E-state index in [1.807, 2.05) is 6.92 Å². The number of carbonyl (C=O) groups is 1. The molecule has 1 aromatic rings. The van der Waals surface area contributed by atoms with Crippen LogP contribution in [-0.2, 0) is 0 Å². The Balaban J connectivity index is 2.55. The molecule has 2 N–H and O–H groups in total. The van der Waals surface area contributed by atoms with Gasteiger partial charge in [0, 0.05) is 23.6 Å². The van der Waals surface area contributed by atoms with E-state index in [2.05, 4.69) is 17.9 Å². The summed E-state index contributed by atoms with van der Waals surface area (Å²) < 4.78 is 12.9. The van der Waals surface area contributed by atoms with E-state index in [9.17, 15) is 9.18 Å². The fourth-order valence-electron chi connectivity index (χ4n) is 1.35. The topological polar surface area (TPSA) is 49.3 Å². The first-order valence-corrected chi connectivity index (χ1v) is 5.87. The van der Waals surface area contributed by atoms with Crippen LogP contribution in [0.25, 0.3) is 0 Å². The smallest absolute Gasteiger partial charge is 0.251 e. The van der Waals surface area contributed by atoms with Gasteiger partial charge in [-0.15, -0.1) is 12.6 Å². The lowest BCUT2D eigenvalue weighted by molar-refractivity contribution is 0.0945. The molecule has 17 heavy (non-hydrogen) atoms. The summed E-state index contributed by atoms with van der Waals surface area (Å²) in [5.74, 6) is -0.497. The Morgan fingerprint density at radius 3 is 2.88 bits per heavy atom. The Bertz CT molecular complexity index is 398. The number of nitrogens with one attached hydrogen (secondary N) is 1. The highest BCUT2D eigenvalue weighted by molar-refractivity contribution is 7.80. The molecule has 0 bridgehead atoms. The molecule has 0 aliphatic rings. The van der Waals surface area contributed by atoms with Crippen LogP contribution < -0.4 is 5.32 Å². The van der Waals surface area contributed by atoms with Crippen LogP contribution in [0.1, 0.15) is 23.7 Å². The first-order valence-electron chi connectivity index (χ1n) is 5.42. The third-order valence-electron chi connectivity index (χ3n) is 2.44. The highest BCUT2D eigenvalue weighted by Crippen LogP contribution is 2.14. The molecule has 1 rings (SSSR count). The van der Waals surface area contributed by atoms with Crippen LogP contribution in [0.15, 0.2) is 23.1 Å². The zero-order valence-corrected chi connectivity index (χ0v) is 10.5. The Labute approximate surface area is 105 Å². The molecule has 0 fully saturated rings. The van der Waals surface area contributed by atoms with Crippen molar-refractivity contribution >= 4 is 18.5 Å². The van der Waals surface area contributed by atoms with Crippen molar-refractivity contribution in [1.82, 2.24) is 5.32 Å². The predicted octanol–water partition coefficient (Wildman–Crippen LogP) is 1.86. The van der Waals surface area contributed by atoms with Crippen molar-refractivity contribution in [2.75, 3.05) is 13.2 Å². The van der Waals surface area contributed by atoms with Gasteiger partial charge < -0.3 is 10.4 Å². The maximum atomic E-state index is 12.9. The predicted molar refractivity (Wildman–Crippen MR) is 66.9 cm³/mol. The molecule has 1 aromatic carbocycles.